The van der Waals surface area contributed by atoms with Gasteiger partial charge in [-0.1, -0.05) is 61.2 Å². The van der Waals surface area contributed by atoms with E-state index in [2.05, 4.69) is 70.5 Å². The number of carbonyl (C=O) groups is 4. The zero-order valence-electron chi connectivity index (χ0n) is 43.8. The van der Waals surface area contributed by atoms with Crippen LogP contribution < -0.4 is 15.8 Å². The quantitative estimate of drug-likeness (QED) is 0.0576. The number of fused-ring (bicyclic) bond motifs is 5. The Morgan fingerprint density at radius 2 is 1.71 bits per heavy atom. The van der Waals surface area contributed by atoms with Gasteiger partial charge >= 0.3 is 0 Å². The minimum Gasteiger partial charge on any atom is -0.377 e. The molecule has 4 aromatic rings. The molecule has 5 atom stereocenters. The molecule has 4 aliphatic carbocycles. The number of aromatic amines is 1. The van der Waals surface area contributed by atoms with Gasteiger partial charge in [0.15, 0.2) is 11.6 Å². The first-order chi connectivity index (χ1) is 36.3. The van der Waals surface area contributed by atoms with E-state index < -0.39 is 17.3 Å². The monoisotopic (exact) mass is 1020 g/mol. The summed E-state index contributed by atoms with van der Waals surface area (Å²) in [6.45, 7) is 6.80. The van der Waals surface area contributed by atoms with E-state index in [-0.39, 0.29) is 65.7 Å². The van der Waals surface area contributed by atoms with Gasteiger partial charge in [0.2, 0.25) is 5.91 Å². The molecular weight excluding hydrogens is 950 g/mol. The van der Waals surface area contributed by atoms with Crippen molar-refractivity contribution in [2.24, 2.45) is 23.2 Å². The smallest absolute Gasteiger partial charge is 0.272 e. The zero-order valence-corrected chi connectivity index (χ0v) is 43.8. The Kier molecular flexibility index (Phi) is 16.9. The molecule has 2 amide bonds. The fourth-order valence-electron chi connectivity index (χ4n) is 13.1. The van der Waals surface area contributed by atoms with E-state index in [1.165, 1.54) is 34.4 Å². The standard InChI is InChI=1S/C61H72FN5O8/c1-4-26-61(73)27-23-52-49-20-16-43-37-45(68)19-21-46(43)57(49)51(38-60(52,61)2)41-14-17-44(18-15-41)66(3)29-9-5-6-12-56(70)63-28-32-74-33-34-75-39-55(69)42-24-30-67(31-25-42)59(72)50-35-40(13-22-53(50)62)36-54-47-10-7-8-11-48(47)58(71)65-64-54/h7-8,10-11,13-15,17-18,22,35,37,42,49,51-52,73H,5-6,9,12,16,19-21,23-25,27-34,36,38-39H2,1-3H3,(H,63,70)(H,65,71)/t49-,51+,52-,60-,61-/m0/s1. The lowest BCUT2D eigenvalue weighted by Gasteiger charge is -2.53. The van der Waals surface area contributed by atoms with Gasteiger partial charge in [-0.3, -0.25) is 24.0 Å². The Morgan fingerprint density at radius 1 is 0.933 bits per heavy atom. The van der Waals surface area contributed by atoms with Crippen molar-refractivity contribution in [2.75, 3.05) is 64.6 Å². The van der Waals surface area contributed by atoms with Crippen LogP contribution in [0.2, 0.25) is 0 Å². The summed E-state index contributed by atoms with van der Waals surface area (Å²) in [5, 5.41) is 22.9. The SMILES string of the molecule is CC#C[C@]1(O)CC[C@H]2[C@@H]3CCC4=CC(=O)CCC4=C3[C@@H](c3ccc(N(C)CCCCCC(=O)NCCOCCOCC(=O)C4CCN(C(=O)c5cc(Cc6n[nH]c(=O)c7ccccc67)ccc5F)CC4)cc3)C[C@@]21C. The Morgan fingerprint density at radius 3 is 2.49 bits per heavy atom. The molecule has 2 saturated carbocycles. The number of allylic oxidation sites excluding steroid dienone is 4. The van der Waals surface area contributed by atoms with Gasteiger partial charge in [-0.25, -0.2) is 9.49 Å². The average molecular weight is 1020 g/mol. The Bertz CT molecular complexity index is 2970. The summed E-state index contributed by atoms with van der Waals surface area (Å²) in [5.41, 5.74) is 6.23. The molecule has 3 N–H and O–H groups in total. The van der Waals surface area contributed by atoms with Crippen molar-refractivity contribution in [3.63, 3.8) is 0 Å². The number of aromatic nitrogens is 2. The van der Waals surface area contributed by atoms with Crippen LogP contribution in [0, 0.1) is 40.8 Å². The van der Waals surface area contributed by atoms with Crippen LogP contribution in [0.1, 0.15) is 130 Å². The molecule has 75 heavy (non-hydrogen) atoms. The molecule has 0 radical (unpaired) electrons. The number of Topliss-reactive ketones (excluding diaryl/α,β-unsaturated/α-hetero) is 1. The maximum atomic E-state index is 15.0. The summed E-state index contributed by atoms with van der Waals surface area (Å²) in [6, 6.07) is 20.5. The number of unbranched alkanes of at least 4 members (excludes halogenated alkanes) is 2. The molecule has 5 aliphatic rings. The number of H-pyrrole nitrogens is 1. The lowest BCUT2D eigenvalue weighted by Crippen LogP contribution is -2.51. The van der Waals surface area contributed by atoms with Crippen LogP contribution >= 0.6 is 0 Å². The number of hydrogen-bond donors (Lipinski definition) is 3. The van der Waals surface area contributed by atoms with E-state index in [1.54, 1.807) is 23.1 Å². The lowest BCUT2D eigenvalue weighted by molar-refractivity contribution is -0.129. The highest BCUT2D eigenvalue weighted by molar-refractivity contribution is 5.95. The van der Waals surface area contributed by atoms with Gasteiger partial charge in [0, 0.05) is 80.8 Å². The number of nitrogens with zero attached hydrogens (tertiary/aromatic N) is 3. The third kappa shape index (κ3) is 11.8. The number of ether oxygens (including phenoxy) is 2. The molecule has 0 bridgehead atoms. The number of piperidine rings is 1. The highest BCUT2D eigenvalue weighted by Crippen LogP contribution is 2.66. The topological polar surface area (TPSA) is 171 Å². The summed E-state index contributed by atoms with van der Waals surface area (Å²) in [5.74, 6) is 6.13. The van der Waals surface area contributed by atoms with E-state index in [4.69, 9.17) is 9.47 Å². The number of hydrogen-bond acceptors (Lipinski definition) is 10. The molecule has 13 nitrogen and oxygen atoms in total. The van der Waals surface area contributed by atoms with Crippen LogP contribution in [-0.4, -0.2) is 109 Å². The van der Waals surface area contributed by atoms with E-state index in [0.29, 0.717) is 98.6 Å². The van der Waals surface area contributed by atoms with Gasteiger partial charge in [-0.05, 0) is 142 Å². The van der Waals surface area contributed by atoms with Gasteiger partial charge in [0.05, 0.1) is 36.5 Å². The summed E-state index contributed by atoms with van der Waals surface area (Å²) >= 11 is 0. The number of amides is 2. The van der Waals surface area contributed by atoms with Crippen LogP contribution in [0.4, 0.5) is 10.1 Å². The number of anilines is 1. The molecule has 3 aromatic carbocycles. The summed E-state index contributed by atoms with van der Waals surface area (Å²) in [6.07, 6.45) is 12.1. The fourth-order valence-corrected chi connectivity index (χ4v) is 13.1. The Hall–Kier alpha value is -6.27. The van der Waals surface area contributed by atoms with Crippen molar-refractivity contribution in [2.45, 2.75) is 115 Å². The maximum Gasteiger partial charge on any atom is 0.272 e. The normalized spacial score (nSPS) is 23.4. The Labute approximate surface area is 439 Å². The number of nitrogens with one attached hydrogen (secondary N) is 2. The molecule has 1 aromatic heterocycles. The lowest BCUT2D eigenvalue weighted by atomic mass is 9.51. The number of aliphatic hydroxyl groups is 1. The molecule has 0 unspecified atom stereocenters. The molecule has 1 saturated heterocycles. The van der Waals surface area contributed by atoms with E-state index in [9.17, 15) is 33.5 Å². The molecule has 3 fully saturated rings. The molecule has 0 spiro atoms. The van der Waals surface area contributed by atoms with Gasteiger partial charge in [-0.2, -0.15) is 5.10 Å². The van der Waals surface area contributed by atoms with Gasteiger partial charge in [0.1, 0.15) is 18.0 Å². The third-order valence-electron chi connectivity index (χ3n) is 17.2. The van der Waals surface area contributed by atoms with Crippen LogP contribution in [0.15, 0.2) is 94.3 Å². The van der Waals surface area contributed by atoms with Crippen molar-refractivity contribution in [1.29, 1.82) is 0 Å². The zero-order chi connectivity index (χ0) is 52.7. The van der Waals surface area contributed by atoms with Crippen molar-refractivity contribution in [3.8, 4) is 11.8 Å². The van der Waals surface area contributed by atoms with Crippen molar-refractivity contribution in [1.82, 2.24) is 20.4 Å². The summed E-state index contributed by atoms with van der Waals surface area (Å²) < 4.78 is 26.2. The predicted molar refractivity (Wildman–Crippen MR) is 287 cm³/mol. The fraction of sp³-hybridized carbons (Fsp3) is 0.508. The minimum absolute atomic E-state index is 0.0101. The highest BCUT2D eigenvalue weighted by atomic mass is 19.1. The molecular formula is C61H72FN5O8. The number of likely N-dealkylation sites (tertiary alicyclic amines) is 1. The maximum absolute atomic E-state index is 15.0. The summed E-state index contributed by atoms with van der Waals surface area (Å²) in [4.78, 5) is 67.5. The van der Waals surface area contributed by atoms with Gasteiger partial charge < -0.3 is 29.7 Å². The van der Waals surface area contributed by atoms with Crippen LogP contribution in [0.5, 0.6) is 0 Å². The van der Waals surface area contributed by atoms with Crippen LogP contribution in [0.3, 0.4) is 0 Å². The van der Waals surface area contributed by atoms with Crippen LogP contribution in [0.25, 0.3) is 10.8 Å². The third-order valence-corrected chi connectivity index (χ3v) is 17.2. The minimum atomic E-state index is -0.998. The van der Waals surface area contributed by atoms with Crippen molar-refractivity contribution >= 4 is 39.8 Å². The first kappa shape index (κ1) is 53.6. The van der Waals surface area contributed by atoms with Crippen LogP contribution in [-0.2, 0) is 30.3 Å². The molecule has 14 heteroatoms. The number of carbonyl (C=O) groups excluding carboxylic acids is 4. The second-order valence-electron chi connectivity index (χ2n) is 21.7. The largest absolute Gasteiger partial charge is 0.377 e. The first-order valence-corrected chi connectivity index (χ1v) is 27.2. The van der Waals surface area contributed by atoms with E-state index in [0.717, 1.165) is 63.6 Å². The molecule has 396 valence electrons. The van der Waals surface area contributed by atoms with E-state index in [1.807, 2.05) is 25.1 Å². The predicted octanol–water partition coefficient (Wildman–Crippen LogP) is 8.57. The second-order valence-corrected chi connectivity index (χ2v) is 21.7. The number of rotatable bonds is 20. The summed E-state index contributed by atoms with van der Waals surface area (Å²) in [7, 11) is 2.11. The van der Waals surface area contributed by atoms with E-state index >= 15 is 0 Å². The van der Waals surface area contributed by atoms with Gasteiger partial charge in [0.25, 0.3) is 11.5 Å². The Balaban J connectivity index is 0.634. The second kappa shape index (κ2) is 23.7. The van der Waals surface area contributed by atoms with Crippen molar-refractivity contribution in [3.05, 3.63) is 128 Å². The van der Waals surface area contributed by atoms with Crippen molar-refractivity contribution < 1.29 is 38.1 Å². The first-order valence-electron chi connectivity index (χ1n) is 27.2. The molecule has 9 rings (SSSR count). The molecule has 2 heterocycles. The molecule has 1 aliphatic heterocycles. The number of halogens is 1. The number of ketones is 2. The van der Waals surface area contributed by atoms with Gasteiger partial charge in [-0.15, -0.1) is 5.92 Å². The average Bonchev–Trinajstić information content (AvgIpc) is 3.68. The number of benzene rings is 3. The highest BCUT2D eigenvalue weighted by Gasteiger charge is 2.62.